The molecule has 0 aliphatic heterocycles. The fraction of sp³-hybridized carbons (Fsp3) is 1.00. The van der Waals surface area contributed by atoms with E-state index in [-0.39, 0.29) is 36.0 Å². The van der Waals surface area contributed by atoms with E-state index in [4.69, 9.17) is 0 Å². The standard InChI is InChI=1S/C8H18O4S.Na/c1-3-7(9)5-6-8(4-2)13(10,11)12;/h7-9H,3-6H2,1-2H3,(H,10,11,12);/q;+1/p-1. The van der Waals surface area contributed by atoms with Crippen LogP contribution in [0.25, 0.3) is 0 Å². The van der Waals surface area contributed by atoms with Gasteiger partial charge in [-0.3, -0.25) is 0 Å². The third kappa shape index (κ3) is 7.20. The van der Waals surface area contributed by atoms with Gasteiger partial charge >= 0.3 is 29.6 Å². The Morgan fingerprint density at radius 1 is 1.21 bits per heavy atom. The van der Waals surface area contributed by atoms with E-state index < -0.39 is 21.5 Å². The van der Waals surface area contributed by atoms with Gasteiger partial charge in [-0.2, -0.15) is 0 Å². The van der Waals surface area contributed by atoms with Crippen molar-refractivity contribution in [3.8, 4) is 0 Å². The average Bonchev–Trinajstić information content (AvgIpc) is 2.02. The molecular weight excluding hydrogens is 215 g/mol. The summed E-state index contributed by atoms with van der Waals surface area (Å²) in [6.07, 6.45) is 1.07. The smallest absolute Gasteiger partial charge is 0.748 e. The Balaban J connectivity index is 0. The van der Waals surface area contributed by atoms with Crippen molar-refractivity contribution in [1.82, 2.24) is 0 Å². The van der Waals surface area contributed by atoms with Crippen molar-refractivity contribution < 1.29 is 47.6 Å². The Bertz CT molecular complexity index is 227. The summed E-state index contributed by atoms with van der Waals surface area (Å²) in [5.74, 6) is 0. The van der Waals surface area contributed by atoms with Gasteiger partial charge in [0.25, 0.3) is 0 Å². The molecule has 0 saturated heterocycles. The second-order valence-corrected chi connectivity index (χ2v) is 4.81. The molecule has 0 heterocycles. The predicted octanol–water partition coefficient (Wildman–Crippen LogP) is -2.13. The molecule has 0 aliphatic carbocycles. The third-order valence-electron chi connectivity index (χ3n) is 2.16. The van der Waals surface area contributed by atoms with E-state index in [0.717, 1.165) is 0 Å². The summed E-state index contributed by atoms with van der Waals surface area (Å²) in [5.41, 5.74) is 0. The predicted molar refractivity (Wildman–Crippen MR) is 49.3 cm³/mol. The van der Waals surface area contributed by atoms with E-state index in [1.807, 2.05) is 6.92 Å². The number of aliphatic hydroxyl groups is 1. The zero-order valence-electron chi connectivity index (χ0n) is 9.06. The molecule has 4 nitrogen and oxygen atoms in total. The fourth-order valence-corrected chi connectivity index (χ4v) is 1.97. The first kappa shape index (κ1) is 17.3. The van der Waals surface area contributed by atoms with Crippen molar-refractivity contribution in [1.29, 1.82) is 0 Å². The van der Waals surface area contributed by atoms with Gasteiger partial charge in [-0.15, -0.1) is 0 Å². The van der Waals surface area contributed by atoms with E-state index >= 15 is 0 Å². The Kier molecular flexibility index (Phi) is 9.96. The van der Waals surface area contributed by atoms with Gasteiger partial charge in [0.05, 0.1) is 16.2 Å². The molecule has 6 heteroatoms. The van der Waals surface area contributed by atoms with Crippen LogP contribution in [0.5, 0.6) is 0 Å². The van der Waals surface area contributed by atoms with Crippen molar-refractivity contribution in [2.24, 2.45) is 0 Å². The number of rotatable bonds is 6. The minimum Gasteiger partial charge on any atom is -0.748 e. The number of aliphatic hydroxyl groups excluding tert-OH is 1. The van der Waals surface area contributed by atoms with Gasteiger partial charge in [0.1, 0.15) is 0 Å². The molecule has 0 bridgehead atoms. The molecule has 0 amide bonds. The third-order valence-corrected chi connectivity index (χ3v) is 3.54. The summed E-state index contributed by atoms with van der Waals surface area (Å²) in [6.45, 7) is 3.48. The monoisotopic (exact) mass is 232 g/mol. The van der Waals surface area contributed by atoms with Gasteiger partial charge in [0.15, 0.2) is 0 Å². The zero-order chi connectivity index (χ0) is 10.5. The SMILES string of the molecule is CCC(O)CCC(CC)S(=O)(=O)[O-].[Na+]. The van der Waals surface area contributed by atoms with Crippen LogP contribution in [-0.4, -0.2) is 29.4 Å². The minimum atomic E-state index is -4.18. The molecule has 0 saturated carbocycles. The summed E-state index contributed by atoms with van der Waals surface area (Å²) in [5, 5.41) is 8.33. The van der Waals surface area contributed by atoms with Gasteiger partial charge in [-0.25, -0.2) is 8.42 Å². The molecule has 2 atom stereocenters. The van der Waals surface area contributed by atoms with E-state index in [1.165, 1.54) is 0 Å². The van der Waals surface area contributed by atoms with Crippen LogP contribution in [0.2, 0.25) is 0 Å². The first-order valence-corrected chi connectivity index (χ1v) is 6.01. The Morgan fingerprint density at radius 2 is 1.71 bits per heavy atom. The topological polar surface area (TPSA) is 77.4 Å². The summed E-state index contributed by atoms with van der Waals surface area (Å²) < 4.78 is 31.9. The molecule has 14 heavy (non-hydrogen) atoms. The fourth-order valence-electron chi connectivity index (χ4n) is 1.13. The second kappa shape index (κ2) is 8.07. The Morgan fingerprint density at radius 3 is 2.00 bits per heavy atom. The van der Waals surface area contributed by atoms with Crippen LogP contribution in [0.4, 0.5) is 0 Å². The van der Waals surface area contributed by atoms with Gasteiger partial charge in [0, 0.05) is 5.25 Å². The van der Waals surface area contributed by atoms with Crippen molar-refractivity contribution in [2.45, 2.75) is 50.9 Å². The number of hydrogen-bond donors (Lipinski definition) is 1. The molecule has 0 aromatic rings. The maximum absolute atomic E-state index is 10.6. The molecule has 1 N–H and O–H groups in total. The van der Waals surface area contributed by atoms with Crippen LogP contribution in [0.1, 0.15) is 39.5 Å². The van der Waals surface area contributed by atoms with Crippen LogP contribution in [0.3, 0.4) is 0 Å². The molecule has 0 radical (unpaired) electrons. The van der Waals surface area contributed by atoms with Crippen molar-refractivity contribution in [3.05, 3.63) is 0 Å². The summed E-state index contributed by atoms with van der Waals surface area (Å²) in [4.78, 5) is 0. The molecule has 2 unspecified atom stereocenters. The largest absolute Gasteiger partial charge is 1.00 e. The van der Waals surface area contributed by atoms with E-state index in [0.29, 0.717) is 19.3 Å². The molecule has 0 rings (SSSR count). The molecule has 0 aromatic heterocycles. The van der Waals surface area contributed by atoms with Crippen LogP contribution in [-0.2, 0) is 10.1 Å². The minimum absolute atomic E-state index is 0. The van der Waals surface area contributed by atoms with E-state index in [9.17, 15) is 18.1 Å². The zero-order valence-corrected chi connectivity index (χ0v) is 11.9. The van der Waals surface area contributed by atoms with Crippen LogP contribution in [0, 0.1) is 0 Å². The van der Waals surface area contributed by atoms with Gasteiger partial charge in [-0.05, 0) is 25.7 Å². The van der Waals surface area contributed by atoms with Gasteiger partial charge in [0.2, 0.25) is 0 Å². The molecule has 0 aromatic carbocycles. The Hall–Kier alpha value is 0.870. The molecular formula is C8H17NaO4S. The molecule has 80 valence electrons. The van der Waals surface area contributed by atoms with Crippen molar-refractivity contribution in [3.63, 3.8) is 0 Å². The maximum atomic E-state index is 10.6. The summed E-state index contributed by atoms with van der Waals surface area (Å²) >= 11 is 0. The average molecular weight is 232 g/mol. The molecule has 0 spiro atoms. The second-order valence-electron chi connectivity index (χ2n) is 3.16. The van der Waals surface area contributed by atoms with E-state index in [2.05, 4.69) is 0 Å². The van der Waals surface area contributed by atoms with Crippen molar-refractivity contribution in [2.75, 3.05) is 0 Å². The summed E-state index contributed by atoms with van der Waals surface area (Å²) in [7, 11) is -4.18. The first-order chi connectivity index (χ1) is 5.91. The number of hydrogen-bond acceptors (Lipinski definition) is 4. The van der Waals surface area contributed by atoms with Crippen LogP contribution < -0.4 is 29.6 Å². The van der Waals surface area contributed by atoms with Crippen LogP contribution in [0.15, 0.2) is 0 Å². The Labute approximate surface area is 108 Å². The van der Waals surface area contributed by atoms with E-state index in [1.54, 1.807) is 6.92 Å². The van der Waals surface area contributed by atoms with Crippen LogP contribution >= 0.6 is 0 Å². The quantitative estimate of drug-likeness (QED) is 0.419. The first-order valence-electron chi connectivity index (χ1n) is 4.54. The normalized spacial score (nSPS) is 15.7. The van der Waals surface area contributed by atoms with Crippen molar-refractivity contribution >= 4 is 10.1 Å². The van der Waals surface area contributed by atoms with Gasteiger partial charge < -0.3 is 9.66 Å². The van der Waals surface area contributed by atoms with Gasteiger partial charge in [-0.1, -0.05) is 13.8 Å². The molecule has 0 aliphatic rings. The molecule has 0 fully saturated rings. The summed E-state index contributed by atoms with van der Waals surface area (Å²) in [6, 6.07) is 0. The maximum Gasteiger partial charge on any atom is 1.00 e.